The maximum absolute atomic E-state index is 5.29. The van der Waals surface area contributed by atoms with Crippen molar-refractivity contribution in [1.29, 1.82) is 0 Å². The van der Waals surface area contributed by atoms with Crippen molar-refractivity contribution >= 4 is 6.21 Å². The maximum Gasteiger partial charge on any atom is 0.127 e. The summed E-state index contributed by atoms with van der Waals surface area (Å²) in [7, 11) is 3.31. The van der Waals surface area contributed by atoms with Gasteiger partial charge in [-0.1, -0.05) is 30.3 Å². The first-order chi connectivity index (χ1) is 9.85. The number of hydrogen-bond donors (Lipinski definition) is 1. The largest absolute Gasteiger partial charge is 0.496 e. The Hall–Kier alpha value is -2.49. The van der Waals surface area contributed by atoms with Crippen LogP contribution in [0.2, 0.25) is 0 Å². The highest BCUT2D eigenvalue weighted by molar-refractivity contribution is 5.83. The zero-order valence-electron chi connectivity index (χ0n) is 11.7. The lowest BCUT2D eigenvalue weighted by Crippen LogP contribution is -2.07. The first-order valence-corrected chi connectivity index (χ1v) is 6.36. The predicted octanol–water partition coefficient (Wildman–Crippen LogP) is 2.83. The number of methoxy groups -OCH3 is 2. The Morgan fingerprint density at radius 3 is 2.35 bits per heavy atom. The van der Waals surface area contributed by atoms with Crippen LogP contribution in [0.5, 0.6) is 11.5 Å². The summed E-state index contributed by atoms with van der Waals surface area (Å²) in [5, 5.41) is 4.21. The summed E-state index contributed by atoms with van der Waals surface area (Å²) in [5.41, 5.74) is 5.01. The molecule has 0 atom stereocenters. The molecule has 0 saturated carbocycles. The molecule has 20 heavy (non-hydrogen) atoms. The van der Waals surface area contributed by atoms with Crippen molar-refractivity contribution < 1.29 is 9.47 Å². The Bertz CT molecular complexity index is 582. The van der Waals surface area contributed by atoms with Gasteiger partial charge in [0.05, 0.1) is 27.0 Å². The maximum atomic E-state index is 5.29. The minimum absolute atomic E-state index is 0.607. The fourth-order valence-electron chi connectivity index (χ4n) is 1.87. The number of ether oxygens (including phenoxy) is 2. The van der Waals surface area contributed by atoms with Crippen LogP contribution in [0.15, 0.2) is 53.6 Å². The summed E-state index contributed by atoms with van der Waals surface area (Å²) < 4.78 is 10.5. The quantitative estimate of drug-likeness (QED) is 0.648. The molecule has 4 heteroatoms. The monoisotopic (exact) mass is 270 g/mol. The third-order valence-corrected chi connectivity index (χ3v) is 2.90. The molecule has 0 spiro atoms. The SMILES string of the molecule is COc1ccccc1/C=N/NCc1ccccc1OC. The topological polar surface area (TPSA) is 42.8 Å². The molecule has 104 valence electrons. The van der Waals surface area contributed by atoms with E-state index in [0.717, 1.165) is 22.6 Å². The molecule has 0 unspecified atom stereocenters. The molecule has 4 nitrogen and oxygen atoms in total. The Labute approximate surface area is 119 Å². The van der Waals surface area contributed by atoms with Crippen LogP contribution in [0.25, 0.3) is 0 Å². The van der Waals surface area contributed by atoms with E-state index in [1.54, 1.807) is 20.4 Å². The number of rotatable bonds is 6. The summed E-state index contributed by atoms with van der Waals surface area (Å²) in [4.78, 5) is 0. The molecule has 0 bridgehead atoms. The number of benzene rings is 2. The van der Waals surface area contributed by atoms with Crippen LogP contribution < -0.4 is 14.9 Å². The van der Waals surface area contributed by atoms with Gasteiger partial charge in [-0.05, 0) is 18.2 Å². The van der Waals surface area contributed by atoms with E-state index in [4.69, 9.17) is 9.47 Å². The average Bonchev–Trinajstić information content (AvgIpc) is 2.52. The van der Waals surface area contributed by atoms with Crippen LogP contribution in [0.4, 0.5) is 0 Å². The summed E-state index contributed by atoms with van der Waals surface area (Å²) in [6, 6.07) is 15.6. The van der Waals surface area contributed by atoms with Crippen LogP contribution in [0.1, 0.15) is 11.1 Å². The van der Waals surface area contributed by atoms with E-state index in [0.29, 0.717) is 6.54 Å². The number of nitrogens with zero attached hydrogens (tertiary/aromatic N) is 1. The molecule has 0 aliphatic carbocycles. The molecule has 0 amide bonds. The summed E-state index contributed by atoms with van der Waals surface area (Å²) >= 11 is 0. The normalized spacial score (nSPS) is 10.5. The van der Waals surface area contributed by atoms with E-state index >= 15 is 0 Å². The first-order valence-electron chi connectivity index (χ1n) is 6.36. The molecule has 0 fully saturated rings. The first kappa shape index (κ1) is 13.9. The van der Waals surface area contributed by atoms with E-state index in [2.05, 4.69) is 10.5 Å². The van der Waals surface area contributed by atoms with Crippen molar-refractivity contribution in [3.63, 3.8) is 0 Å². The van der Waals surface area contributed by atoms with Gasteiger partial charge < -0.3 is 14.9 Å². The van der Waals surface area contributed by atoms with Crippen LogP contribution >= 0.6 is 0 Å². The third-order valence-electron chi connectivity index (χ3n) is 2.90. The molecule has 0 aliphatic rings. The number of hydrogen-bond acceptors (Lipinski definition) is 4. The van der Waals surface area contributed by atoms with Gasteiger partial charge >= 0.3 is 0 Å². The third kappa shape index (κ3) is 3.51. The molecule has 2 aromatic rings. The highest BCUT2D eigenvalue weighted by atomic mass is 16.5. The van der Waals surface area contributed by atoms with Crippen molar-refractivity contribution in [2.75, 3.05) is 14.2 Å². The van der Waals surface area contributed by atoms with Crippen molar-refractivity contribution in [1.82, 2.24) is 5.43 Å². The van der Waals surface area contributed by atoms with Crippen molar-refractivity contribution in [2.45, 2.75) is 6.54 Å². The van der Waals surface area contributed by atoms with E-state index < -0.39 is 0 Å². The second-order valence-corrected chi connectivity index (χ2v) is 4.15. The van der Waals surface area contributed by atoms with Crippen molar-refractivity contribution in [3.8, 4) is 11.5 Å². The van der Waals surface area contributed by atoms with Crippen LogP contribution in [0.3, 0.4) is 0 Å². The molecule has 1 N–H and O–H groups in total. The molecule has 0 radical (unpaired) electrons. The van der Waals surface area contributed by atoms with Gasteiger partial charge in [-0.3, -0.25) is 0 Å². The second-order valence-electron chi connectivity index (χ2n) is 4.15. The molecule has 0 aromatic heterocycles. The molecule has 2 aromatic carbocycles. The van der Waals surface area contributed by atoms with Crippen molar-refractivity contribution in [3.05, 3.63) is 59.7 Å². The highest BCUT2D eigenvalue weighted by Gasteiger charge is 2.00. The zero-order valence-corrected chi connectivity index (χ0v) is 11.7. The second kappa shape index (κ2) is 7.19. The van der Waals surface area contributed by atoms with Gasteiger partial charge in [0.1, 0.15) is 11.5 Å². The number of hydrazone groups is 1. The Morgan fingerprint density at radius 2 is 1.60 bits per heavy atom. The Balaban J connectivity index is 1.97. The van der Waals surface area contributed by atoms with E-state index in [9.17, 15) is 0 Å². The van der Waals surface area contributed by atoms with Crippen molar-refractivity contribution in [2.24, 2.45) is 5.10 Å². The summed E-state index contributed by atoms with van der Waals surface area (Å²) in [6.07, 6.45) is 1.74. The number of para-hydroxylation sites is 2. The molecular formula is C16H18N2O2. The highest BCUT2D eigenvalue weighted by Crippen LogP contribution is 2.17. The van der Waals surface area contributed by atoms with Gasteiger partial charge in [-0.2, -0.15) is 5.10 Å². The van der Waals surface area contributed by atoms with Crippen LogP contribution in [0, 0.1) is 0 Å². The number of nitrogens with one attached hydrogen (secondary N) is 1. The lowest BCUT2D eigenvalue weighted by Gasteiger charge is -2.07. The lowest BCUT2D eigenvalue weighted by molar-refractivity contribution is 0.408. The minimum Gasteiger partial charge on any atom is -0.496 e. The van der Waals surface area contributed by atoms with E-state index in [-0.39, 0.29) is 0 Å². The molecule has 0 saturated heterocycles. The van der Waals surface area contributed by atoms with Gasteiger partial charge in [0, 0.05) is 11.1 Å². The van der Waals surface area contributed by atoms with E-state index in [1.165, 1.54) is 0 Å². The molecule has 0 aliphatic heterocycles. The van der Waals surface area contributed by atoms with Gasteiger partial charge in [-0.15, -0.1) is 0 Å². The average molecular weight is 270 g/mol. The minimum atomic E-state index is 0.607. The molecule has 0 heterocycles. The van der Waals surface area contributed by atoms with Gasteiger partial charge in [0.15, 0.2) is 0 Å². The standard InChI is InChI=1S/C16H18N2O2/c1-19-15-9-5-3-7-13(15)11-17-18-12-14-8-4-6-10-16(14)20-2/h3-11,18H,12H2,1-2H3/b17-11+. The van der Waals surface area contributed by atoms with Gasteiger partial charge in [0.25, 0.3) is 0 Å². The fraction of sp³-hybridized carbons (Fsp3) is 0.188. The molecule has 2 rings (SSSR count). The van der Waals surface area contributed by atoms with Gasteiger partial charge in [-0.25, -0.2) is 0 Å². The van der Waals surface area contributed by atoms with Crippen LogP contribution in [-0.4, -0.2) is 20.4 Å². The zero-order chi connectivity index (χ0) is 14.2. The summed E-state index contributed by atoms with van der Waals surface area (Å²) in [5.74, 6) is 1.66. The smallest absolute Gasteiger partial charge is 0.127 e. The fourth-order valence-corrected chi connectivity index (χ4v) is 1.87. The van der Waals surface area contributed by atoms with Gasteiger partial charge in [0.2, 0.25) is 0 Å². The molecular weight excluding hydrogens is 252 g/mol. The predicted molar refractivity (Wildman–Crippen MR) is 80.4 cm³/mol. The summed E-state index contributed by atoms with van der Waals surface area (Å²) in [6.45, 7) is 0.607. The van der Waals surface area contributed by atoms with E-state index in [1.807, 2.05) is 48.5 Å². The lowest BCUT2D eigenvalue weighted by atomic mass is 10.2. The Morgan fingerprint density at radius 1 is 0.950 bits per heavy atom. The Kier molecular flexibility index (Phi) is 5.00. The van der Waals surface area contributed by atoms with Crippen LogP contribution in [-0.2, 0) is 6.54 Å².